The summed E-state index contributed by atoms with van der Waals surface area (Å²) in [5, 5.41) is 0. The number of carbonyl (C=O) groups is 1. The summed E-state index contributed by atoms with van der Waals surface area (Å²) in [5.74, 6) is 0.00898. The molecule has 13 heavy (non-hydrogen) atoms. The number of nitrogens with two attached hydrogens (primary N) is 2. The predicted octanol–water partition coefficient (Wildman–Crippen LogP) is -0.327. The fourth-order valence-corrected chi connectivity index (χ4v) is 1.55. The van der Waals surface area contributed by atoms with E-state index in [4.69, 9.17) is 11.5 Å². The second kappa shape index (κ2) is 4.58. The van der Waals surface area contributed by atoms with E-state index in [1.54, 1.807) is 6.92 Å². The van der Waals surface area contributed by atoms with E-state index in [1.807, 2.05) is 4.90 Å². The van der Waals surface area contributed by atoms with Crippen molar-refractivity contribution in [2.75, 3.05) is 13.1 Å². The molecule has 4 N–H and O–H groups in total. The summed E-state index contributed by atoms with van der Waals surface area (Å²) >= 11 is 0. The summed E-state index contributed by atoms with van der Waals surface area (Å²) in [7, 11) is 0. The number of hydrogen-bond acceptors (Lipinski definition) is 3. The fraction of sp³-hybridized carbons (Fsp3) is 0.889. The van der Waals surface area contributed by atoms with Gasteiger partial charge in [-0.1, -0.05) is 0 Å². The first-order chi connectivity index (χ1) is 6.13. The van der Waals surface area contributed by atoms with Crippen molar-refractivity contribution in [3.63, 3.8) is 0 Å². The van der Waals surface area contributed by atoms with E-state index in [1.165, 1.54) is 6.42 Å². The average molecular weight is 185 g/mol. The van der Waals surface area contributed by atoms with Crippen molar-refractivity contribution in [3.8, 4) is 0 Å². The van der Waals surface area contributed by atoms with Crippen molar-refractivity contribution >= 4 is 5.91 Å². The van der Waals surface area contributed by atoms with Crippen LogP contribution >= 0.6 is 0 Å². The molecule has 2 atom stereocenters. The first-order valence-corrected chi connectivity index (χ1v) is 4.93. The largest absolute Gasteiger partial charge is 0.341 e. The Morgan fingerprint density at radius 2 is 1.77 bits per heavy atom. The third-order valence-electron chi connectivity index (χ3n) is 2.52. The minimum Gasteiger partial charge on any atom is -0.341 e. The molecule has 0 aromatic heterocycles. The van der Waals surface area contributed by atoms with Crippen molar-refractivity contribution < 1.29 is 4.79 Å². The molecule has 1 heterocycles. The van der Waals surface area contributed by atoms with Gasteiger partial charge in [-0.25, -0.2) is 0 Å². The van der Waals surface area contributed by atoms with Gasteiger partial charge in [0.25, 0.3) is 0 Å². The van der Waals surface area contributed by atoms with Crippen LogP contribution in [-0.4, -0.2) is 36.0 Å². The number of rotatable bonds is 2. The quantitative estimate of drug-likeness (QED) is 0.619. The van der Waals surface area contributed by atoms with Gasteiger partial charge in [0.15, 0.2) is 0 Å². The zero-order valence-electron chi connectivity index (χ0n) is 8.20. The SMILES string of the molecule is CC(N)[C@H](N)C(=O)N1CCCCC1. The molecule has 0 bridgehead atoms. The monoisotopic (exact) mass is 185 g/mol. The van der Waals surface area contributed by atoms with Gasteiger partial charge in [-0.3, -0.25) is 4.79 Å². The molecule has 1 rings (SSSR count). The third kappa shape index (κ3) is 2.67. The van der Waals surface area contributed by atoms with E-state index in [0.717, 1.165) is 25.9 Å². The van der Waals surface area contributed by atoms with Crippen LogP contribution in [-0.2, 0) is 4.79 Å². The second-order valence-electron chi connectivity index (χ2n) is 3.77. The number of carbonyl (C=O) groups excluding carboxylic acids is 1. The van der Waals surface area contributed by atoms with E-state index in [-0.39, 0.29) is 11.9 Å². The van der Waals surface area contributed by atoms with Gasteiger partial charge in [-0.15, -0.1) is 0 Å². The second-order valence-corrected chi connectivity index (χ2v) is 3.77. The molecule has 4 nitrogen and oxygen atoms in total. The van der Waals surface area contributed by atoms with Gasteiger partial charge in [-0.05, 0) is 26.2 Å². The number of likely N-dealkylation sites (tertiary alicyclic amines) is 1. The Morgan fingerprint density at radius 1 is 1.23 bits per heavy atom. The molecule has 0 saturated carbocycles. The van der Waals surface area contributed by atoms with Gasteiger partial charge < -0.3 is 16.4 Å². The molecule has 0 aliphatic carbocycles. The molecule has 1 saturated heterocycles. The molecule has 4 heteroatoms. The molecule has 1 fully saturated rings. The molecule has 1 unspecified atom stereocenters. The van der Waals surface area contributed by atoms with E-state index < -0.39 is 6.04 Å². The molecule has 1 amide bonds. The lowest BCUT2D eigenvalue weighted by Crippen LogP contribution is -2.53. The van der Waals surface area contributed by atoms with Crippen LogP contribution < -0.4 is 11.5 Å². The van der Waals surface area contributed by atoms with Crippen LogP contribution in [0.5, 0.6) is 0 Å². The lowest BCUT2D eigenvalue weighted by molar-refractivity contribution is -0.133. The van der Waals surface area contributed by atoms with Gasteiger partial charge in [0, 0.05) is 19.1 Å². The normalized spacial score (nSPS) is 22.5. The third-order valence-corrected chi connectivity index (χ3v) is 2.52. The maximum atomic E-state index is 11.7. The van der Waals surface area contributed by atoms with Crippen LogP contribution in [0.4, 0.5) is 0 Å². The van der Waals surface area contributed by atoms with E-state index in [2.05, 4.69) is 0 Å². The molecular formula is C9H19N3O. The lowest BCUT2D eigenvalue weighted by atomic mass is 10.1. The highest BCUT2D eigenvalue weighted by Gasteiger charge is 2.24. The molecule has 0 aromatic rings. The Morgan fingerprint density at radius 3 is 2.23 bits per heavy atom. The van der Waals surface area contributed by atoms with Crippen LogP contribution in [0.25, 0.3) is 0 Å². The Kier molecular flexibility index (Phi) is 3.69. The smallest absolute Gasteiger partial charge is 0.241 e. The molecule has 0 radical (unpaired) electrons. The first kappa shape index (κ1) is 10.5. The minimum absolute atomic E-state index is 0.00898. The summed E-state index contributed by atoms with van der Waals surface area (Å²) in [6.45, 7) is 3.46. The Hall–Kier alpha value is -0.610. The zero-order chi connectivity index (χ0) is 9.84. The molecule has 76 valence electrons. The maximum absolute atomic E-state index is 11.7. The van der Waals surface area contributed by atoms with Gasteiger partial charge in [-0.2, -0.15) is 0 Å². The Labute approximate surface area is 79.3 Å². The van der Waals surface area contributed by atoms with Crippen molar-refractivity contribution in [2.24, 2.45) is 11.5 Å². The van der Waals surface area contributed by atoms with E-state index in [0.29, 0.717) is 0 Å². The Bertz CT molecular complexity index is 176. The van der Waals surface area contributed by atoms with Crippen LogP contribution in [0.3, 0.4) is 0 Å². The van der Waals surface area contributed by atoms with Gasteiger partial charge >= 0.3 is 0 Å². The van der Waals surface area contributed by atoms with Crippen molar-refractivity contribution in [3.05, 3.63) is 0 Å². The van der Waals surface area contributed by atoms with Crippen molar-refractivity contribution in [1.82, 2.24) is 4.90 Å². The van der Waals surface area contributed by atoms with Gasteiger partial charge in [0.2, 0.25) is 5.91 Å². The van der Waals surface area contributed by atoms with Crippen LogP contribution in [0.2, 0.25) is 0 Å². The fourth-order valence-electron chi connectivity index (χ4n) is 1.55. The highest BCUT2D eigenvalue weighted by atomic mass is 16.2. The van der Waals surface area contributed by atoms with Gasteiger partial charge in [0.1, 0.15) is 0 Å². The van der Waals surface area contributed by atoms with Crippen molar-refractivity contribution in [1.29, 1.82) is 0 Å². The average Bonchev–Trinajstić information content (AvgIpc) is 2.17. The van der Waals surface area contributed by atoms with E-state index >= 15 is 0 Å². The first-order valence-electron chi connectivity index (χ1n) is 4.93. The number of amides is 1. The molecule has 1 aliphatic heterocycles. The summed E-state index contributed by atoms with van der Waals surface area (Å²) in [5.41, 5.74) is 11.2. The predicted molar refractivity (Wildman–Crippen MR) is 52.1 cm³/mol. The minimum atomic E-state index is -0.530. The van der Waals surface area contributed by atoms with Crippen LogP contribution in [0.1, 0.15) is 26.2 Å². The number of piperidine rings is 1. The lowest BCUT2D eigenvalue weighted by Gasteiger charge is -2.30. The summed E-state index contributed by atoms with van der Waals surface area (Å²) in [4.78, 5) is 13.5. The summed E-state index contributed by atoms with van der Waals surface area (Å²) in [6, 6.07) is -0.785. The summed E-state index contributed by atoms with van der Waals surface area (Å²) < 4.78 is 0. The zero-order valence-corrected chi connectivity index (χ0v) is 8.20. The molecule has 0 aromatic carbocycles. The highest BCUT2D eigenvalue weighted by molar-refractivity contribution is 5.82. The topological polar surface area (TPSA) is 72.3 Å². The van der Waals surface area contributed by atoms with E-state index in [9.17, 15) is 4.79 Å². The molecule has 1 aliphatic rings. The maximum Gasteiger partial charge on any atom is 0.241 e. The van der Waals surface area contributed by atoms with Crippen LogP contribution in [0.15, 0.2) is 0 Å². The summed E-state index contributed by atoms with van der Waals surface area (Å²) in [6.07, 6.45) is 3.41. The van der Waals surface area contributed by atoms with Gasteiger partial charge in [0.05, 0.1) is 6.04 Å². The molecule has 0 spiro atoms. The molecular weight excluding hydrogens is 166 g/mol. The number of nitrogens with zero attached hydrogens (tertiary/aromatic N) is 1. The van der Waals surface area contributed by atoms with Crippen molar-refractivity contribution in [2.45, 2.75) is 38.3 Å². The van der Waals surface area contributed by atoms with Crippen LogP contribution in [0, 0.1) is 0 Å². The highest BCUT2D eigenvalue weighted by Crippen LogP contribution is 2.09. The Balaban J connectivity index is 2.45. The number of hydrogen-bond donors (Lipinski definition) is 2. The standard InChI is InChI=1S/C9H19N3O/c1-7(10)8(11)9(13)12-5-3-2-4-6-12/h7-8H,2-6,10-11H2,1H3/t7?,8-/m0/s1.